The van der Waals surface area contributed by atoms with E-state index in [2.05, 4.69) is 20.9 Å². The van der Waals surface area contributed by atoms with Gasteiger partial charge in [-0.1, -0.05) is 0 Å². The number of ketones is 1. The van der Waals surface area contributed by atoms with Gasteiger partial charge in [-0.2, -0.15) is 0 Å². The van der Waals surface area contributed by atoms with Gasteiger partial charge in [-0.05, 0) is 54.4 Å². The lowest BCUT2D eigenvalue weighted by Crippen LogP contribution is -1.99. The van der Waals surface area contributed by atoms with Crippen molar-refractivity contribution in [3.05, 3.63) is 33.8 Å². The van der Waals surface area contributed by atoms with Crippen molar-refractivity contribution in [2.75, 3.05) is 0 Å². The van der Waals surface area contributed by atoms with Crippen molar-refractivity contribution >= 4 is 38.4 Å². The number of nitrogens with zero attached hydrogens (tertiary/aromatic N) is 1. The maximum absolute atomic E-state index is 11.5. The fourth-order valence-corrected chi connectivity index (χ4v) is 2.44. The lowest BCUT2D eigenvalue weighted by Gasteiger charge is -1.98. The molecule has 0 atom stereocenters. The number of oxazole rings is 1. The van der Waals surface area contributed by atoms with Gasteiger partial charge in [0.2, 0.25) is 5.89 Å². The van der Waals surface area contributed by atoms with Crippen molar-refractivity contribution in [1.82, 2.24) is 4.98 Å². The van der Waals surface area contributed by atoms with Gasteiger partial charge in [-0.25, -0.2) is 4.98 Å². The molecule has 2 aromatic rings. The van der Waals surface area contributed by atoms with Crippen LogP contribution < -0.4 is 0 Å². The van der Waals surface area contributed by atoms with Crippen LogP contribution in [0.25, 0.3) is 16.7 Å². The molecule has 0 bridgehead atoms. The standard InChI is InChI=1S/C13H12BrNO3/c1-6-4-9(14)12-10(5-6)15-13(18-12)11(7(2)16)8(3)17/h4-5,16H,1-3H3/b11-7+. The molecule has 0 aliphatic carbocycles. The second-order valence-electron chi connectivity index (χ2n) is 4.13. The number of Topliss-reactive ketones (excluding diaryl/α,β-unsaturated/α-hetero) is 1. The molecule has 94 valence electrons. The first-order chi connectivity index (χ1) is 8.40. The number of fused-ring (bicyclic) bond motifs is 1. The zero-order chi connectivity index (χ0) is 13.4. The summed E-state index contributed by atoms with van der Waals surface area (Å²) in [5, 5.41) is 9.53. The summed E-state index contributed by atoms with van der Waals surface area (Å²) in [5.41, 5.74) is 2.35. The van der Waals surface area contributed by atoms with E-state index in [1.807, 2.05) is 19.1 Å². The number of aliphatic hydroxyl groups excluding tert-OH is 1. The number of benzene rings is 1. The highest BCUT2D eigenvalue weighted by molar-refractivity contribution is 9.10. The monoisotopic (exact) mass is 309 g/mol. The lowest BCUT2D eigenvalue weighted by molar-refractivity contribution is -0.112. The van der Waals surface area contributed by atoms with Crippen LogP contribution in [0.15, 0.2) is 26.8 Å². The number of aryl methyl sites for hydroxylation is 1. The molecule has 0 spiro atoms. The van der Waals surface area contributed by atoms with Crippen LogP contribution in [-0.4, -0.2) is 15.9 Å². The van der Waals surface area contributed by atoms with Crippen LogP contribution in [0.4, 0.5) is 0 Å². The van der Waals surface area contributed by atoms with Gasteiger partial charge in [0.05, 0.1) is 4.47 Å². The second-order valence-corrected chi connectivity index (χ2v) is 4.98. The topological polar surface area (TPSA) is 63.3 Å². The van der Waals surface area contributed by atoms with E-state index in [4.69, 9.17) is 4.42 Å². The average molecular weight is 310 g/mol. The normalized spacial score (nSPS) is 12.7. The summed E-state index contributed by atoms with van der Waals surface area (Å²) < 4.78 is 6.31. The molecule has 0 aliphatic heterocycles. The Hall–Kier alpha value is -1.62. The Morgan fingerprint density at radius 1 is 1.39 bits per heavy atom. The molecule has 4 nitrogen and oxygen atoms in total. The molecule has 0 aliphatic rings. The number of carbonyl (C=O) groups excluding carboxylic acids is 1. The van der Waals surface area contributed by atoms with Gasteiger partial charge < -0.3 is 9.52 Å². The number of rotatable bonds is 2. The van der Waals surface area contributed by atoms with E-state index >= 15 is 0 Å². The molecule has 0 saturated carbocycles. The average Bonchev–Trinajstić information content (AvgIpc) is 2.59. The molecule has 0 fully saturated rings. The fourth-order valence-electron chi connectivity index (χ4n) is 1.79. The molecule has 0 unspecified atom stereocenters. The highest BCUT2D eigenvalue weighted by Crippen LogP contribution is 2.29. The van der Waals surface area contributed by atoms with Crippen LogP contribution in [0.2, 0.25) is 0 Å². The number of allylic oxidation sites excluding steroid dienone is 2. The number of aliphatic hydroxyl groups is 1. The summed E-state index contributed by atoms with van der Waals surface area (Å²) in [7, 11) is 0. The van der Waals surface area contributed by atoms with E-state index in [-0.39, 0.29) is 23.0 Å². The van der Waals surface area contributed by atoms with Crippen LogP contribution in [0.1, 0.15) is 25.3 Å². The smallest absolute Gasteiger partial charge is 0.234 e. The molecule has 2 rings (SSSR count). The maximum Gasteiger partial charge on any atom is 0.234 e. The highest BCUT2D eigenvalue weighted by atomic mass is 79.9. The van der Waals surface area contributed by atoms with E-state index in [9.17, 15) is 9.90 Å². The van der Waals surface area contributed by atoms with Crippen molar-refractivity contribution in [2.45, 2.75) is 20.8 Å². The summed E-state index contributed by atoms with van der Waals surface area (Å²) >= 11 is 3.39. The molecule has 18 heavy (non-hydrogen) atoms. The molecular formula is C13H12BrNO3. The van der Waals surface area contributed by atoms with Crippen molar-refractivity contribution in [3.63, 3.8) is 0 Å². The second kappa shape index (κ2) is 4.57. The van der Waals surface area contributed by atoms with Crippen molar-refractivity contribution in [3.8, 4) is 0 Å². The Kier molecular flexibility index (Phi) is 3.26. The zero-order valence-electron chi connectivity index (χ0n) is 10.2. The van der Waals surface area contributed by atoms with Crippen LogP contribution in [0.5, 0.6) is 0 Å². The first-order valence-electron chi connectivity index (χ1n) is 5.38. The Labute approximate surface area is 112 Å². The quantitative estimate of drug-likeness (QED) is 0.677. The third-order valence-corrected chi connectivity index (χ3v) is 3.11. The molecule has 1 heterocycles. The first-order valence-corrected chi connectivity index (χ1v) is 6.17. The minimum Gasteiger partial charge on any atom is -0.512 e. The summed E-state index contributed by atoms with van der Waals surface area (Å²) in [6, 6.07) is 3.76. The summed E-state index contributed by atoms with van der Waals surface area (Å²) in [4.78, 5) is 15.7. The van der Waals surface area contributed by atoms with E-state index < -0.39 is 0 Å². The minimum atomic E-state index is -0.283. The Balaban J connectivity index is 2.71. The fraction of sp³-hybridized carbons (Fsp3) is 0.231. The van der Waals surface area contributed by atoms with Crippen LogP contribution in [-0.2, 0) is 4.79 Å². The predicted molar refractivity (Wildman–Crippen MR) is 72.3 cm³/mol. The molecule has 0 radical (unpaired) electrons. The molecule has 0 amide bonds. The van der Waals surface area contributed by atoms with Gasteiger partial charge in [0.1, 0.15) is 16.8 Å². The third kappa shape index (κ3) is 2.18. The van der Waals surface area contributed by atoms with Crippen LogP contribution in [0, 0.1) is 6.92 Å². The number of aromatic nitrogens is 1. The van der Waals surface area contributed by atoms with Gasteiger partial charge in [0, 0.05) is 0 Å². The van der Waals surface area contributed by atoms with E-state index in [0.717, 1.165) is 10.0 Å². The number of carbonyl (C=O) groups is 1. The lowest BCUT2D eigenvalue weighted by atomic mass is 10.1. The maximum atomic E-state index is 11.5. The van der Waals surface area contributed by atoms with Gasteiger partial charge in [-0.15, -0.1) is 0 Å². The number of hydrogen-bond donors (Lipinski definition) is 1. The molecular weight excluding hydrogens is 298 g/mol. The number of halogens is 1. The third-order valence-electron chi connectivity index (χ3n) is 2.52. The zero-order valence-corrected chi connectivity index (χ0v) is 11.8. The Morgan fingerprint density at radius 2 is 2.06 bits per heavy atom. The molecule has 1 aromatic carbocycles. The summed E-state index contributed by atoms with van der Waals surface area (Å²) in [5.74, 6) is -0.236. The van der Waals surface area contributed by atoms with Crippen molar-refractivity contribution < 1.29 is 14.3 Å². The van der Waals surface area contributed by atoms with E-state index in [1.54, 1.807) is 0 Å². The highest BCUT2D eigenvalue weighted by Gasteiger charge is 2.19. The predicted octanol–water partition coefficient (Wildman–Crippen LogP) is 3.78. The van der Waals surface area contributed by atoms with Gasteiger partial charge in [0.15, 0.2) is 11.4 Å². The number of hydrogen-bond acceptors (Lipinski definition) is 4. The van der Waals surface area contributed by atoms with Crippen LogP contribution >= 0.6 is 15.9 Å². The molecule has 1 N–H and O–H groups in total. The van der Waals surface area contributed by atoms with Gasteiger partial charge >= 0.3 is 0 Å². The van der Waals surface area contributed by atoms with Crippen LogP contribution in [0.3, 0.4) is 0 Å². The summed E-state index contributed by atoms with van der Waals surface area (Å²) in [6.45, 7) is 4.74. The van der Waals surface area contributed by atoms with Gasteiger partial charge in [0.25, 0.3) is 0 Å². The minimum absolute atomic E-state index is 0.0955. The van der Waals surface area contributed by atoms with E-state index in [0.29, 0.717) is 11.1 Å². The van der Waals surface area contributed by atoms with Gasteiger partial charge in [-0.3, -0.25) is 4.79 Å². The summed E-state index contributed by atoms with van der Waals surface area (Å²) in [6.07, 6.45) is 0. The molecule has 1 aromatic heterocycles. The Morgan fingerprint density at radius 3 is 2.61 bits per heavy atom. The van der Waals surface area contributed by atoms with E-state index in [1.165, 1.54) is 13.8 Å². The molecule has 5 heteroatoms. The van der Waals surface area contributed by atoms with Crippen molar-refractivity contribution in [1.29, 1.82) is 0 Å². The van der Waals surface area contributed by atoms with Crippen molar-refractivity contribution in [2.24, 2.45) is 0 Å². The SMILES string of the molecule is CC(=O)/C(=C(/C)O)c1nc2cc(C)cc(Br)c2o1. The largest absolute Gasteiger partial charge is 0.512 e. The Bertz CT molecular complexity index is 666. The first kappa shape index (κ1) is 12.8. The molecule has 0 saturated heterocycles.